The first-order chi connectivity index (χ1) is 16.8. The predicted octanol–water partition coefficient (Wildman–Crippen LogP) is 3.98. The van der Waals surface area contributed by atoms with Gasteiger partial charge in [0, 0.05) is 28.4 Å². The molecule has 0 aliphatic carbocycles. The van der Waals surface area contributed by atoms with Crippen LogP contribution in [0.1, 0.15) is 17.7 Å². The third-order valence-corrected chi connectivity index (χ3v) is 6.09. The van der Waals surface area contributed by atoms with Crippen LogP contribution in [0.15, 0.2) is 84.8 Å². The van der Waals surface area contributed by atoms with Crippen molar-refractivity contribution in [1.82, 2.24) is 26.0 Å². The third-order valence-electron chi connectivity index (χ3n) is 5.62. The molecule has 9 nitrogen and oxygen atoms in total. The number of phenols is 2. The van der Waals surface area contributed by atoms with Crippen LogP contribution in [0, 0.1) is 0 Å². The highest BCUT2D eigenvalue weighted by Gasteiger charge is 2.37. The summed E-state index contributed by atoms with van der Waals surface area (Å²) < 4.78 is 1.36. The highest BCUT2D eigenvalue weighted by molar-refractivity contribution is 6.31. The van der Waals surface area contributed by atoms with Crippen LogP contribution >= 0.6 is 23.2 Å². The molecule has 2 heterocycles. The summed E-state index contributed by atoms with van der Waals surface area (Å²) in [6.07, 6.45) is 3.33. The Bertz CT molecular complexity index is 1410. The molecule has 1 atom stereocenters. The molecule has 5 rings (SSSR count). The van der Waals surface area contributed by atoms with Crippen molar-refractivity contribution in [2.24, 2.45) is 0 Å². The fourth-order valence-electron chi connectivity index (χ4n) is 3.84. The molecule has 1 aliphatic rings. The zero-order chi connectivity index (χ0) is 24.6. The van der Waals surface area contributed by atoms with Gasteiger partial charge in [0.15, 0.2) is 0 Å². The number of aromatic hydroxyl groups is 2. The van der Waals surface area contributed by atoms with Crippen LogP contribution in [-0.4, -0.2) is 30.3 Å². The molecule has 3 aromatic carbocycles. The monoisotopic (exact) mass is 510 g/mol. The van der Waals surface area contributed by atoms with Gasteiger partial charge in [-0.3, -0.25) is 5.01 Å². The van der Waals surface area contributed by atoms with Crippen LogP contribution in [0.3, 0.4) is 0 Å². The number of aliphatic hydroxyl groups is 1. The second kappa shape index (κ2) is 9.12. The van der Waals surface area contributed by atoms with Crippen molar-refractivity contribution in [2.75, 3.05) is 5.01 Å². The zero-order valence-electron chi connectivity index (χ0n) is 18.1. The van der Waals surface area contributed by atoms with Gasteiger partial charge >= 0.3 is 0 Å². The van der Waals surface area contributed by atoms with Crippen LogP contribution in [0.4, 0.5) is 5.69 Å². The lowest BCUT2D eigenvalue weighted by Gasteiger charge is -2.26. The Kier molecular flexibility index (Phi) is 6.00. The van der Waals surface area contributed by atoms with E-state index in [9.17, 15) is 15.3 Å². The van der Waals surface area contributed by atoms with Gasteiger partial charge in [0.05, 0.1) is 6.20 Å². The molecule has 0 spiro atoms. The number of rotatable bonds is 6. The Morgan fingerprint density at radius 1 is 0.886 bits per heavy atom. The first-order valence-corrected chi connectivity index (χ1v) is 11.3. The maximum absolute atomic E-state index is 12.0. The van der Waals surface area contributed by atoms with E-state index in [0.717, 1.165) is 0 Å². The van der Waals surface area contributed by atoms with Gasteiger partial charge in [-0.05, 0) is 42.0 Å². The van der Waals surface area contributed by atoms with E-state index >= 15 is 0 Å². The Morgan fingerprint density at radius 3 is 2.26 bits per heavy atom. The molecule has 1 aliphatic heterocycles. The normalized spacial score (nSPS) is 14.9. The maximum atomic E-state index is 12.0. The minimum absolute atomic E-state index is 0.0313. The molecule has 4 aromatic rings. The number of phenolic OH excluding ortho intramolecular Hbond substituents is 2. The Balaban J connectivity index is 1.51. The third kappa shape index (κ3) is 4.50. The largest absolute Gasteiger partial charge is 0.506 e. The molecule has 1 unspecified atom stereocenters. The van der Waals surface area contributed by atoms with Crippen molar-refractivity contribution in [3.63, 3.8) is 0 Å². The van der Waals surface area contributed by atoms with Crippen molar-refractivity contribution >= 4 is 28.9 Å². The van der Waals surface area contributed by atoms with Crippen LogP contribution in [0.5, 0.6) is 11.5 Å². The second-order valence-corrected chi connectivity index (χ2v) is 8.85. The topological polar surface area (TPSA) is 119 Å². The van der Waals surface area contributed by atoms with Crippen LogP contribution < -0.4 is 16.0 Å². The highest BCUT2D eigenvalue weighted by Crippen LogP contribution is 2.37. The lowest BCUT2D eigenvalue weighted by Crippen LogP contribution is -2.38. The summed E-state index contributed by atoms with van der Waals surface area (Å²) in [5.74, 6) is -0.000709. The molecule has 11 heteroatoms. The van der Waals surface area contributed by atoms with E-state index in [1.807, 2.05) is 18.2 Å². The summed E-state index contributed by atoms with van der Waals surface area (Å²) in [5.41, 5.74) is 6.58. The fraction of sp³-hybridized carbons (Fsp3) is 0.0833. The summed E-state index contributed by atoms with van der Waals surface area (Å²) in [6.45, 7) is 0. The predicted molar refractivity (Wildman–Crippen MR) is 132 cm³/mol. The molecule has 1 aromatic heterocycles. The van der Waals surface area contributed by atoms with Crippen molar-refractivity contribution in [2.45, 2.75) is 12.0 Å². The summed E-state index contributed by atoms with van der Waals surface area (Å²) in [4.78, 5) is 0. The average Bonchev–Trinajstić information content (AvgIpc) is 3.53. The first kappa shape index (κ1) is 23.0. The fourth-order valence-corrected chi connectivity index (χ4v) is 4.18. The smallest absolute Gasteiger partial charge is 0.141 e. The number of halogens is 2. The lowest BCUT2D eigenvalue weighted by atomic mass is 9.86. The van der Waals surface area contributed by atoms with Crippen molar-refractivity contribution in [1.29, 1.82) is 0 Å². The van der Waals surface area contributed by atoms with Gasteiger partial charge < -0.3 is 20.7 Å². The minimum Gasteiger partial charge on any atom is -0.506 e. The number of hydrazine groups is 2. The molecule has 0 amide bonds. The van der Waals surface area contributed by atoms with Crippen LogP contribution in [0.25, 0.3) is 5.69 Å². The second-order valence-electron chi connectivity index (χ2n) is 7.98. The maximum Gasteiger partial charge on any atom is 0.141 e. The average molecular weight is 511 g/mol. The lowest BCUT2D eigenvalue weighted by molar-refractivity contribution is 0.0746. The summed E-state index contributed by atoms with van der Waals surface area (Å²) in [5, 5.41) is 43.2. The number of nitrogens with one attached hydrogen (secondary N) is 2. The van der Waals surface area contributed by atoms with E-state index in [-0.39, 0.29) is 23.6 Å². The number of aromatic nitrogens is 3. The van der Waals surface area contributed by atoms with Crippen molar-refractivity contribution in [3.05, 3.63) is 106 Å². The van der Waals surface area contributed by atoms with E-state index in [1.54, 1.807) is 53.8 Å². The quantitative estimate of drug-likeness (QED) is 0.264. The van der Waals surface area contributed by atoms with E-state index in [0.29, 0.717) is 32.7 Å². The van der Waals surface area contributed by atoms with Crippen LogP contribution in [-0.2, 0) is 5.60 Å². The van der Waals surface area contributed by atoms with Gasteiger partial charge in [-0.15, -0.1) is 10.6 Å². The van der Waals surface area contributed by atoms with Gasteiger partial charge in [-0.1, -0.05) is 58.7 Å². The first-order valence-electron chi connectivity index (χ1n) is 10.5. The number of anilines is 1. The minimum atomic E-state index is -1.58. The molecule has 0 fully saturated rings. The molecule has 0 bridgehead atoms. The molecular formula is C24H20Cl2N6O3. The van der Waals surface area contributed by atoms with Gasteiger partial charge in [-0.2, -0.15) is 0 Å². The Hall–Kier alpha value is -3.76. The number of hydrogen-bond donors (Lipinski definition) is 5. The van der Waals surface area contributed by atoms with Crippen LogP contribution in [0.2, 0.25) is 10.0 Å². The number of hydrogen-bond acceptors (Lipinski definition) is 8. The van der Waals surface area contributed by atoms with Gasteiger partial charge in [-0.25, -0.2) is 4.68 Å². The number of benzene rings is 3. The molecule has 0 saturated heterocycles. The van der Waals surface area contributed by atoms with E-state index in [4.69, 9.17) is 23.2 Å². The number of nitrogens with zero attached hydrogens (tertiary/aromatic N) is 4. The van der Waals surface area contributed by atoms with Gasteiger partial charge in [0.2, 0.25) is 0 Å². The summed E-state index contributed by atoms with van der Waals surface area (Å²) in [7, 11) is 0. The Labute approximate surface area is 210 Å². The highest BCUT2D eigenvalue weighted by atomic mass is 35.5. The zero-order valence-corrected chi connectivity index (χ0v) is 19.6. The van der Waals surface area contributed by atoms with Crippen molar-refractivity contribution in [3.8, 4) is 17.2 Å². The molecule has 5 N–H and O–H groups in total. The molecule has 178 valence electrons. The van der Waals surface area contributed by atoms with Gasteiger partial charge in [0.25, 0.3) is 0 Å². The van der Waals surface area contributed by atoms with E-state index < -0.39 is 5.60 Å². The summed E-state index contributed by atoms with van der Waals surface area (Å²) in [6, 6.07) is 18.3. The summed E-state index contributed by atoms with van der Waals surface area (Å²) >= 11 is 12.2. The van der Waals surface area contributed by atoms with Crippen molar-refractivity contribution < 1.29 is 15.3 Å². The van der Waals surface area contributed by atoms with Gasteiger partial charge in [0.1, 0.15) is 34.2 Å². The van der Waals surface area contributed by atoms with E-state index in [2.05, 4.69) is 21.3 Å². The molecular weight excluding hydrogens is 491 g/mol. The van der Waals surface area contributed by atoms with E-state index in [1.165, 1.54) is 16.8 Å². The molecule has 35 heavy (non-hydrogen) atoms. The SMILES string of the molecule is Oc1ccc(Cl)cc1N1C=C(CC(O)(c2ccccc2)c2cn(-c3cc(Cl)ccc3O)nn2)NN1. The molecule has 0 radical (unpaired) electrons. The standard InChI is InChI=1S/C24H20Cl2N6O3/c25-16-6-8-21(33)19(10-16)31-13-18(27-29-31)12-24(35,15-4-2-1-3-5-15)23-14-32(30-28-23)20-11-17(26)7-9-22(20)34/h1-11,13-14,27,29,33-35H,12H2. The Morgan fingerprint density at radius 2 is 1.54 bits per heavy atom. The molecule has 0 saturated carbocycles.